The number of aryl methyl sites for hydroxylation is 2. The first kappa shape index (κ1) is 46.5. The number of Topliss-reactive ketones (excluding diaryl/α,β-unsaturated/α-hetero) is 1. The van der Waals surface area contributed by atoms with Crippen molar-refractivity contribution < 1.29 is 4.79 Å². The highest BCUT2D eigenvalue weighted by atomic mass is 16.1. The minimum Gasteiger partial charge on any atom is -0.378 e. The van der Waals surface area contributed by atoms with Gasteiger partial charge in [0, 0.05) is 110 Å². The lowest BCUT2D eigenvalue weighted by Gasteiger charge is -2.36. The Morgan fingerprint density at radius 1 is 0.569 bits per heavy atom. The van der Waals surface area contributed by atoms with Crippen molar-refractivity contribution >= 4 is 61.0 Å². The van der Waals surface area contributed by atoms with Crippen molar-refractivity contribution in [2.75, 3.05) is 30.3 Å². The van der Waals surface area contributed by atoms with E-state index < -0.39 is 0 Å². The van der Waals surface area contributed by atoms with E-state index in [1.54, 1.807) is 31.7 Å². The van der Waals surface area contributed by atoms with E-state index >= 15 is 0 Å². The molecule has 2 fully saturated rings. The second kappa shape index (κ2) is 20.9. The summed E-state index contributed by atoms with van der Waals surface area (Å²) in [4.78, 5) is 41.5. The first-order valence-corrected chi connectivity index (χ1v) is 25.5. The van der Waals surface area contributed by atoms with Gasteiger partial charge in [0.15, 0.2) is 0 Å². The average molecular weight is 952 g/mol. The fourth-order valence-electron chi connectivity index (χ4n) is 11.3. The topological polar surface area (TPSA) is 132 Å². The van der Waals surface area contributed by atoms with Crippen LogP contribution >= 0.6 is 0 Å². The molecule has 1 aliphatic carbocycles. The Kier molecular flexibility index (Phi) is 13.5. The number of nitrogens with zero attached hydrogens (tertiary/aromatic N) is 9. The number of carbonyl (C=O) groups excluding carboxylic acids is 1. The van der Waals surface area contributed by atoms with Crippen LogP contribution in [0.25, 0.3) is 66.1 Å². The first-order chi connectivity index (χ1) is 35.3. The van der Waals surface area contributed by atoms with Crippen LogP contribution in [0.3, 0.4) is 0 Å². The molecule has 72 heavy (non-hydrogen) atoms. The number of piperidine rings is 1. The highest BCUT2D eigenvalue weighted by Gasteiger charge is 2.29. The Morgan fingerprint density at radius 2 is 1.06 bits per heavy atom. The Bertz CT molecular complexity index is 3480. The first-order valence-electron chi connectivity index (χ1n) is 25.5. The predicted molar refractivity (Wildman–Crippen MR) is 291 cm³/mol. The molecular formula is C60H61N11O. The van der Waals surface area contributed by atoms with Gasteiger partial charge in [-0.05, 0) is 151 Å². The molecule has 12 nitrogen and oxygen atoms in total. The molecule has 0 spiro atoms. The lowest BCUT2D eigenvalue weighted by Crippen LogP contribution is -2.39. The van der Waals surface area contributed by atoms with Crippen LogP contribution in [0, 0.1) is 11.8 Å². The van der Waals surface area contributed by atoms with E-state index in [4.69, 9.17) is 9.97 Å². The van der Waals surface area contributed by atoms with Gasteiger partial charge in [0.1, 0.15) is 5.78 Å². The molecule has 1 saturated carbocycles. The summed E-state index contributed by atoms with van der Waals surface area (Å²) in [7, 11) is 4.16. The molecule has 12 heteroatoms. The molecule has 1 saturated heterocycles. The van der Waals surface area contributed by atoms with Gasteiger partial charge in [0.05, 0.1) is 40.7 Å². The average Bonchev–Trinajstić information content (AvgIpc) is 4.00. The molecule has 2 unspecified atom stereocenters. The molecule has 1 aliphatic heterocycles. The van der Waals surface area contributed by atoms with Crippen LogP contribution < -0.4 is 10.6 Å². The molecule has 12 rings (SSSR count). The zero-order valence-corrected chi connectivity index (χ0v) is 41.3. The van der Waals surface area contributed by atoms with Gasteiger partial charge in [-0.15, -0.1) is 0 Å². The third kappa shape index (κ3) is 10.0. The smallest absolute Gasteiger partial charge is 0.143 e. The van der Waals surface area contributed by atoms with E-state index in [1.807, 2.05) is 36.9 Å². The van der Waals surface area contributed by atoms with E-state index in [9.17, 15) is 4.79 Å². The summed E-state index contributed by atoms with van der Waals surface area (Å²) in [6.07, 6.45) is 27.4. The van der Waals surface area contributed by atoms with Crippen molar-refractivity contribution in [1.82, 2.24) is 43.9 Å². The monoisotopic (exact) mass is 952 g/mol. The number of fused-ring (bicyclic) bond motifs is 4. The van der Waals surface area contributed by atoms with Gasteiger partial charge < -0.3 is 19.8 Å². The van der Waals surface area contributed by atoms with Gasteiger partial charge in [-0.25, -0.2) is 0 Å². The number of pyridine rings is 2. The molecule has 2 atom stereocenters. The van der Waals surface area contributed by atoms with Crippen molar-refractivity contribution in [3.8, 4) is 22.3 Å². The number of benzene rings is 4. The van der Waals surface area contributed by atoms with Crippen LogP contribution in [-0.2, 0) is 18.9 Å². The number of aromatic nitrogens is 8. The van der Waals surface area contributed by atoms with E-state index in [0.717, 1.165) is 81.6 Å². The molecule has 0 radical (unpaired) electrons. The molecule has 2 aliphatic rings. The number of hydrogen-bond donors (Lipinski definition) is 2. The molecule has 2 N–H and O–H groups in total. The lowest BCUT2D eigenvalue weighted by molar-refractivity contribution is -0.118. The van der Waals surface area contributed by atoms with Crippen molar-refractivity contribution in [3.63, 3.8) is 0 Å². The summed E-state index contributed by atoms with van der Waals surface area (Å²) >= 11 is 0. The Labute approximate surface area is 420 Å². The van der Waals surface area contributed by atoms with Crippen LogP contribution in [0.15, 0.2) is 159 Å². The molecule has 4 aromatic carbocycles. The minimum atomic E-state index is 0.0977. The standard InChI is InChI=1S/C31H32N6O.C29H29N5/c1-21(38)20-37-14-8-23(9-15-37)30(25-4-3-10-32-19-25)35-26-17-27(31-28(18-26)33-11-12-34-31)24-6-5-22-7-13-36(2)29(22)16-24;1-34-15-11-20-9-10-22(16-27(20)34)25-17-24(18-26-29(25)32-14-13-31-26)33-28(21-6-3-2-4-7-21)23-8-5-12-30-19-23/h3-7,10-13,16-19,23,30,35H,8-9,14-15,20H2,1-2H3;5,8-19,21,28,33H,2-4,6-7H2,1H3. The summed E-state index contributed by atoms with van der Waals surface area (Å²) in [5.74, 6) is 1.24. The minimum absolute atomic E-state index is 0.0977. The summed E-state index contributed by atoms with van der Waals surface area (Å²) in [5, 5.41) is 10.2. The molecule has 7 heterocycles. The van der Waals surface area contributed by atoms with Gasteiger partial charge in [-0.1, -0.05) is 55.7 Å². The quantitative estimate of drug-likeness (QED) is 0.122. The third-order valence-corrected chi connectivity index (χ3v) is 14.9. The summed E-state index contributed by atoms with van der Waals surface area (Å²) in [6.45, 7) is 4.05. The van der Waals surface area contributed by atoms with E-state index in [2.05, 4.69) is 156 Å². The number of ketones is 1. The van der Waals surface area contributed by atoms with E-state index in [-0.39, 0.29) is 17.9 Å². The van der Waals surface area contributed by atoms with Crippen molar-refractivity contribution in [2.24, 2.45) is 25.9 Å². The third-order valence-electron chi connectivity index (χ3n) is 14.9. The number of rotatable bonds is 12. The number of anilines is 2. The van der Waals surface area contributed by atoms with Gasteiger partial charge >= 0.3 is 0 Å². The highest BCUT2D eigenvalue weighted by Crippen LogP contribution is 2.40. The van der Waals surface area contributed by atoms with Gasteiger partial charge in [-0.2, -0.15) is 0 Å². The fraction of sp³-hybridized carbons (Fsp3) is 0.283. The zero-order valence-electron chi connectivity index (χ0n) is 41.3. The number of likely N-dealkylation sites (tertiary alicyclic amines) is 1. The van der Waals surface area contributed by atoms with Crippen molar-refractivity contribution in [3.05, 3.63) is 170 Å². The predicted octanol–water partition coefficient (Wildman–Crippen LogP) is 12.6. The molecule has 0 bridgehead atoms. The summed E-state index contributed by atoms with van der Waals surface area (Å²) in [6, 6.07) is 34.9. The number of hydrogen-bond acceptors (Lipinski definition) is 10. The summed E-state index contributed by atoms with van der Waals surface area (Å²) in [5.41, 5.74) is 14.9. The van der Waals surface area contributed by atoms with Gasteiger partial charge in [0.2, 0.25) is 0 Å². The molecule has 6 aromatic heterocycles. The molecule has 10 aromatic rings. The SMILES string of the molecule is CC(=O)CN1CCC(C(Nc2cc(-c3ccc4ccn(C)c4c3)c3nccnc3c2)c2cccnc2)CC1.Cn1ccc2ccc(-c3cc(NC(c4cccnc4)C4CCCCC4)cc4nccnc34)cc21. The molecule has 0 amide bonds. The fourth-order valence-corrected chi connectivity index (χ4v) is 11.3. The number of nitrogens with one attached hydrogen (secondary N) is 2. The van der Waals surface area contributed by atoms with Gasteiger partial charge in [-0.3, -0.25) is 39.6 Å². The van der Waals surface area contributed by atoms with Crippen molar-refractivity contribution in [1.29, 1.82) is 0 Å². The zero-order chi connectivity index (χ0) is 49.0. The second-order valence-electron chi connectivity index (χ2n) is 19.8. The Hall–Kier alpha value is -7.83. The van der Waals surface area contributed by atoms with Gasteiger partial charge in [0.25, 0.3) is 0 Å². The molecule has 362 valence electrons. The maximum Gasteiger partial charge on any atom is 0.143 e. The maximum absolute atomic E-state index is 11.6. The maximum atomic E-state index is 11.6. The molecular weight excluding hydrogens is 891 g/mol. The number of carbonyl (C=O) groups is 1. The summed E-state index contributed by atoms with van der Waals surface area (Å²) < 4.78 is 4.31. The van der Waals surface area contributed by atoms with Crippen LogP contribution in [0.2, 0.25) is 0 Å². The van der Waals surface area contributed by atoms with Crippen molar-refractivity contribution in [2.45, 2.75) is 64.0 Å². The van der Waals surface area contributed by atoms with Crippen LogP contribution in [-0.4, -0.2) is 69.4 Å². The Balaban J connectivity index is 0.000000157. The largest absolute Gasteiger partial charge is 0.378 e. The second-order valence-corrected chi connectivity index (χ2v) is 19.8. The Morgan fingerprint density at radius 3 is 1.53 bits per heavy atom. The van der Waals surface area contributed by atoms with Crippen LogP contribution in [0.1, 0.15) is 75.1 Å². The van der Waals surface area contributed by atoms with Crippen LogP contribution in [0.4, 0.5) is 11.4 Å². The highest BCUT2D eigenvalue weighted by molar-refractivity contribution is 5.98. The lowest BCUT2D eigenvalue weighted by atomic mass is 9.81. The van der Waals surface area contributed by atoms with E-state index in [1.165, 1.54) is 65.0 Å². The normalized spacial score (nSPS) is 15.6. The van der Waals surface area contributed by atoms with Crippen LogP contribution in [0.5, 0.6) is 0 Å². The van der Waals surface area contributed by atoms with E-state index in [0.29, 0.717) is 18.4 Å².